The molecule has 2 aromatic rings. The molecule has 0 bridgehead atoms. The summed E-state index contributed by atoms with van der Waals surface area (Å²) in [6, 6.07) is 11.4. The Morgan fingerprint density at radius 3 is 2.76 bits per heavy atom. The molecule has 25 heavy (non-hydrogen) atoms. The van der Waals surface area contributed by atoms with E-state index in [0.29, 0.717) is 12.1 Å². The molecule has 0 aliphatic carbocycles. The Morgan fingerprint density at radius 1 is 1.28 bits per heavy atom. The first-order valence-electron chi connectivity index (χ1n) is 8.67. The van der Waals surface area contributed by atoms with Crippen LogP contribution in [0.1, 0.15) is 40.4 Å². The molecule has 2 heterocycles. The fourth-order valence-corrected chi connectivity index (χ4v) is 3.19. The highest BCUT2D eigenvalue weighted by Crippen LogP contribution is 2.33. The predicted molar refractivity (Wildman–Crippen MR) is 96.6 cm³/mol. The number of carbonyl (C=O) groups is 1. The van der Waals surface area contributed by atoms with Gasteiger partial charge >= 0.3 is 0 Å². The first kappa shape index (κ1) is 17.4. The molecule has 1 saturated heterocycles. The van der Waals surface area contributed by atoms with Gasteiger partial charge in [-0.05, 0) is 31.4 Å². The van der Waals surface area contributed by atoms with Crippen molar-refractivity contribution in [3.8, 4) is 0 Å². The molecule has 1 fully saturated rings. The summed E-state index contributed by atoms with van der Waals surface area (Å²) >= 11 is 0. The van der Waals surface area contributed by atoms with E-state index in [9.17, 15) is 9.59 Å². The van der Waals surface area contributed by atoms with Gasteiger partial charge in [-0.2, -0.15) is 0 Å². The number of pyridine rings is 1. The van der Waals surface area contributed by atoms with Crippen LogP contribution >= 0.6 is 0 Å². The van der Waals surface area contributed by atoms with Crippen molar-refractivity contribution in [3.05, 3.63) is 69.6 Å². The molecule has 1 amide bonds. The van der Waals surface area contributed by atoms with Crippen molar-refractivity contribution in [2.45, 2.75) is 25.9 Å². The summed E-state index contributed by atoms with van der Waals surface area (Å²) in [5.41, 5.74) is 2.58. The molecule has 132 valence electrons. The van der Waals surface area contributed by atoms with E-state index < -0.39 is 0 Å². The van der Waals surface area contributed by atoms with Gasteiger partial charge in [0.1, 0.15) is 0 Å². The van der Waals surface area contributed by atoms with Crippen LogP contribution in [0.5, 0.6) is 0 Å². The Bertz CT molecular complexity index is 795. The third kappa shape index (κ3) is 4.17. The van der Waals surface area contributed by atoms with Gasteiger partial charge in [0.2, 0.25) is 0 Å². The lowest BCUT2D eigenvalue weighted by Gasteiger charge is -2.32. The van der Waals surface area contributed by atoms with Crippen LogP contribution < -0.4 is 10.9 Å². The second-order valence-corrected chi connectivity index (χ2v) is 6.68. The third-order valence-corrected chi connectivity index (χ3v) is 4.74. The highest BCUT2D eigenvalue weighted by Gasteiger charge is 2.27. The van der Waals surface area contributed by atoms with Crippen LogP contribution in [-0.2, 0) is 11.8 Å². The molecule has 3 rings (SSSR count). The zero-order valence-electron chi connectivity index (χ0n) is 14.7. The van der Waals surface area contributed by atoms with E-state index in [-0.39, 0.29) is 23.5 Å². The lowest BCUT2D eigenvalue weighted by Crippen LogP contribution is -2.35. The van der Waals surface area contributed by atoms with Crippen LogP contribution in [0.2, 0.25) is 0 Å². The van der Waals surface area contributed by atoms with Crippen molar-refractivity contribution >= 4 is 5.91 Å². The van der Waals surface area contributed by atoms with Crippen molar-refractivity contribution in [2.24, 2.45) is 13.0 Å². The summed E-state index contributed by atoms with van der Waals surface area (Å²) in [6.07, 6.45) is 3.61. The van der Waals surface area contributed by atoms with Crippen molar-refractivity contribution in [2.75, 3.05) is 13.2 Å². The van der Waals surface area contributed by atoms with Gasteiger partial charge in [0.25, 0.3) is 11.5 Å². The van der Waals surface area contributed by atoms with Gasteiger partial charge in [0.05, 0.1) is 6.10 Å². The van der Waals surface area contributed by atoms with Gasteiger partial charge in [-0.25, -0.2) is 0 Å². The summed E-state index contributed by atoms with van der Waals surface area (Å²) in [4.78, 5) is 24.0. The SMILES string of the molecule is Cc1ccc([C@@H]2OCCC[C@@H]2CNC(=O)c2ccn(C)c(=O)c2)cc1. The Hall–Kier alpha value is -2.40. The number of rotatable bonds is 4. The number of carbonyl (C=O) groups excluding carboxylic acids is 1. The maximum Gasteiger partial charge on any atom is 0.251 e. The van der Waals surface area contributed by atoms with Crippen LogP contribution in [0, 0.1) is 12.8 Å². The van der Waals surface area contributed by atoms with Gasteiger partial charge in [-0.3, -0.25) is 9.59 Å². The number of hydrogen-bond donors (Lipinski definition) is 1. The highest BCUT2D eigenvalue weighted by molar-refractivity contribution is 5.93. The molecule has 0 saturated carbocycles. The summed E-state index contributed by atoms with van der Waals surface area (Å²) in [7, 11) is 1.66. The second-order valence-electron chi connectivity index (χ2n) is 6.68. The average Bonchev–Trinajstić information content (AvgIpc) is 2.63. The van der Waals surface area contributed by atoms with Crippen molar-refractivity contribution < 1.29 is 9.53 Å². The summed E-state index contributed by atoms with van der Waals surface area (Å²) in [5.74, 6) is 0.0119. The minimum Gasteiger partial charge on any atom is -0.373 e. The van der Waals surface area contributed by atoms with Crippen LogP contribution in [0.4, 0.5) is 0 Å². The topological polar surface area (TPSA) is 60.3 Å². The molecule has 0 spiro atoms. The van der Waals surface area contributed by atoms with E-state index >= 15 is 0 Å². The lowest BCUT2D eigenvalue weighted by atomic mass is 9.89. The van der Waals surface area contributed by atoms with Crippen LogP contribution in [0.15, 0.2) is 47.4 Å². The summed E-state index contributed by atoms with van der Waals surface area (Å²) in [6.45, 7) is 3.34. The van der Waals surface area contributed by atoms with Crippen molar-refractivity contribution in [1.29, 1.82) is 0 Å². The van der Waals surface area contributed by atoms with Crippen LogP contribution in [0.3, 0.4) is 0 Å². The molecular formula is C20H24N2O3. The zero-order chi connectivity index (χ0) is 17.8. The third-order valence-electron chi connectivity index (χ3n) is 4.74. The zero-order valence-corrected chi connectivity index (χ0v) is 14.7. The number of benzene rings is 1. The van der Waals surface area contributed by atoms with E-state index in [2.05, 4.69) is 36.5 Å². The molecular weight excluding hydrogens is 316 g/mol. The first-order valence-corrected chi connectivity index (χ1v) is 8.67. The molecule has 5 heteroatoms. The second kappa shape index (κ2) is 7.66. The maximum atomic E-state index is 12.3. The molecule has 1 aromatic carbocycles. The van der Waals surface area contributed by atoms with Crippen molar-refractivity contribution in [3.63, 3.8) is 0 Å². The smallest absolute Gasteiger partial charge is 0.251 e. The fourth-order valence-electron chi connectivity index (χ4n) is 3.19. The minimum atomic E-state index is -0.217. The normalized spacial score (nSPS) is 20.2. The number of aryl methyl sites for hydroxylation is 2. The van der Waals surface area contributed by atoms with E-state index in [0.717, 1.165) is 25.0 Å². The molecule has 0 radical (unpaired) electrons. The number of nitrogens with zero attached hydrogens (tertiary/aromatic N) is 1. The minimum absolute atomic E-state index is 0.00158. The van der Waals surface area contributed by atoms with E-state index in [1.54, 1.807) is 19.3 Å². The summed E-state index contributed by atoms with van der Waals surface area (Å²) < 4.78 is 7.43. The van der Waals surface area contributed by atoms with Gasteiger partial charge in [0.15, 0.2) is 0 Å². The molecule has 5 nitrogen and oxygen atoms in total. The number of hydrogen-bond acceptors (Lipinski definition) is 3. The van der Waals surface area contributed by atoms with Crippen LogP contribution in [0.25, 0.3) is 0 Å². The predicted octanol–water partition coefficient (Wildman–Crippen LogP) is 2.59. The molecule has 0 unspecified atom stereocenters. The highest BCUT2D eigenvalue weighted by atomic mass is 16.5. The Labute approximate surface area is 147 Å². The number of aromatic nitrogens is 1. The molecule has 1 N–H and O–H groups in total. The molecule has 1 aliphatic heterocycles. The summed E-state index contributed by atoms with van der Waals surface area (Å²) in [5, 5.41) is 2.96. The van der Waals surface area contributed by atoms with Crippen molar-refractivity contribution in [1.82, 2.24) is 9.88 Å². The molecule has 2 atom stereocenters. The van der Waals surface area contributed by atoms with E-state index in [1.807, 2.05) is 0 Å². The van der Waals surface area contributed by atoms with Crippen LogP contribution in [-0.4, -0.2) is 23.6 Å². The largest absolute Gasteiger partial charge is 0.373 e. The Kier molecular flexibility index (Phi) is 5.34. The fraction of sp³-hybridized carbons (Fsp3) is 0.400. The van der Waals surface area contributed by atoms with Gasteiger partial charge in [0, 0.05) is 43.9 Å². The number of nitrogens with one attached hydrogen (secondary N) is 1. The molecule has 1 aromatic heterocycles. The first-order chi connectivity index (χ1) is 12.0. The quantitative estimate of drug-likeness (QED) is 0.931. The monoisotopic (exact) mass is 340 g/mol. The average molecular weight is 340 g/mol. The van der Waals surface area contributed by atoms with Gasteiger partial charge in [-0.1, -0.05) is 29.8 Å². The Morgan fingerprint density at radius 2 is 2.04 bits per heavy atom. The van der Waals surface area contributed by atoms with Gasteiger partial charge in [-0.15, -0.1) is 0 Å². The standard InChI is InChI=1S/C20H24N2O3/c1-14-5-7-15(8-6-14)19-17(4-3-11-25-19)13-21-20(24)16-9-10-22(2)18(23)12-16/h5-10,12,17,19H,3-4,11,13H2,1-2H3,(H,21,24)/t17-,19+/m1/s1. The van der Waals surface area contributed by atoms with E-state index in [1.165, 1.54) is 16.2 Å². The van der Waals surface area contributed by atoms with E-state index in [4.69, 9.17) is 4.74 Å². The number of ether oxygens (including phenoxy) is 1. The lowest BCUT2D eigenvalue weighted by molar-refractivity contribution is -0.0272. The Balaban J connectivity index is 1.67. The maximum absolute atomic E-state index is 12.3. The molecule has 1 aliphatic rings. The van der Waals surface area contributed by atoms with Gasteiger partial charge < -0.3 is 14.6 Å². The number of amides is 1.